The smallest absolute Gasteiger partial charge is 0.228 e. The molecule has 1 aromatic carbocycles. The first-order chi connectivity index (χ1) is 13.9. The summed E-state index contributed by atoms with van der Waals surface area (Å²) in [6.07, 6.45) is 2.21. The van der Waals surface area contributed by atoms with Gasteiger partial charge in [0.1, 0.15) is 11.6 Å². The number of ether oxygens (including phenoxy) is 1. The number of aromatic amines is 1. The van der Waals surface area contributed by atoms with E-state index in [2.05, 4.69) is 4.98 Å². The number of halogens is 3. The van der Waals surface area contributed by atoms with Gasteiger partial charge in [0.2, 0.25) is 5.91 Å². The van der Waals surface area contributed by atoms with Crippen molar-refractivity contribution in [3.05, 3.63) is 50.5 Å². The van der Waals surface area contributed by atoms with Crippen LogP contribution in [0.1, 0.15) is 35.7 Å². The van der Waals surface area contributed by atoms with Crippen molar-refractivity contribution < 1.29 is 18.3 Å². The van der Waals surface area contributed by atoms with E-state index in [4.69, 9.17) is 28.6 Å². The van der Waals surface area contributed by atoms with Crippen LogP contribution in [-0.2, 0) is 28.9 Å². The molecule has 1 amide bonds. The number of aromatic nitrogens is 2. The van der Waals surface area contributed by atoms with Crippen LogP contribution in [0.4, 0.5) is 8.78 Å². The average molecular weight is 442 g/mol. The van der Waals surface area contributed by atoms with Gasteiger partial charge in [0.25, 0.3) is 0 Å². The lowest BCUT2D eigenvalue weighted by Crippen LogP contribution is -2.41. The van der Waals surface area contributed by atoms with Crippen LogP contribution in [-0.4, -0.2) is 46.7 Å². The summed E-state index contributed by atoms with van der Waals surface area (Å²) in [6.45, 7) is 1.67. The Kier molecular flexibility index (Phi) is 5.77. The summed E-state index contributed by atoms with van der Waals surface area (Å²) in [5.74, 6) is -1.77. The van der Waals surface area contributed by atoms with Crippen LogP contribution in [0.3, 0.4) is 0 Å². The summed E-state index contributed by atoms with van der Waals surface area (Å²) in [4.78, 5) is 17.7. The zero-order valence-corrected chi connectivity index (χ0v) is 17.6. The number of carbonyl (C=O) groups excluding carboxylic acids is 1. The summed E-state index contributed by atoms with van der Waals surface area (Å²) in [7, 11) is 1.81. The van der Waals surface area contributed by atoms with E-state index in [1.54, 1.807) is 4.90 Å². The van der Waals surface area contributed by atoms with Gasteiger partial charge in [-0.05, 0) is 43.6 Å². The van der Waals surface area contributed by atoms with Gasteiger partial charge >= 0.3 is 0 Å². The molecule has 1 aromatic heterocycles. The van der Waals surface area contributed by atoms with Crippen LogP contribution in [0.25, 0.3) is 0 Å². The Morgan fingerprint density at radius 3 is 2.83 bits per heavy atom. The van der Waals surface area contributed by atoms with Crippen molar-refractivity contribution >= 4 is 29.7 Å². The number of nitrogens with zero attached hydrogens (tertiary/aromatic N) is 2. The Hall–Kier alpha value is -1.77. The number of benzene rings is 1. The Morgan fingerprint density at radius 2 is 2.10 bits per heavy atom. The summed E-state index contributed by atoms with van der Waals surface area (Å²) in [5.41, 5.74) is 1.52. The van der Waals surface area contributed by atoms with Gasteiger partial charge in [-0.3, -0.25) is 4.79 Å². The molecule has 9 heteroatoms. The Balaban J connectivity index is 1.54. The second-order valence-corrected chi connectivity index (χ2v) is 8.44. The van der Waals surface area contributed by atoms with E-state index >= 15 is 0 Å². The molecule has 2 aliphatic heterocycles. The molecular weight excluding hydrogens is 420 g/mol. The van der Waals surface area contributed by atoms with Crippen LogP contribution in [0.2, 0.25) is 5.02 Å². The van der Waals surface area contributed by atoms with E-state index in [1.807, 2.05) is 11.6 Å². The normalized spacial score (nSPS) is 19.4. The van der Waals surface area contributed by atoms with Crippen molar-refractivity contribution in [2.24, 2.45) is 0 Å². The number of hydrogen-bond acceptors (Lipinski definition) is 3. The average Bonchev–Trinajstić information content (AvgIpc) is 3.26. The van der Waals surface area contributed by atoms with Gasteiger partial charge in [-0.1, -0.05) is 11.6 Å². The fraction of sp³-hybridized carbons (Fsp3) is 0.500. The van der Waals surface area contributed by atoms with Crippen molar-refractivity contribution in [1.82, 2.24) is 14.5 Å². The highest BCUT2D eigenvalue weighted by molar-refractivity contribution is 7.71. The first-order valence-corrected chi connectivity index (χ1v) is 10.4. The predicted molar refractivity (Wildman–Crippen MR) is 108 cm³/mol. The Bertz CT molecular complexity index is 1000. The molecule has 4 rings (SSSR count). The third kappa shape index (κ3) is 3.85. The highest BCUT2D eigenvalue weighted by atomic mass is 35.5. The molecule has 0 radical (unpaired) electrons. The van der Waals surface area contributed by atoms with E-state index < -0.39 is 17.6 Å². The number of H-pyrrole nitrogens is 1. The van der Waals surface area contributed by atoms with Gasteiger partial charge in [0.05, 0.1) is 11.4 Å². The molecule has 156 valence electrons. The molecule has 0 spiro atoms. The van der Waals surface area contributed by atoms with Crippen molar-refractivity contribution in [3.63, 3.8) is 0 Å². The first kappa shape index (κ1) is 20.5. The molecule has 1 fully saturated rings. The summed E-state index contributed by atoms with van der Waals surface area (Å²) in [5, 5.41) is -0.100. The quantitative estimate of drug-likeness (QED) is 0.576. The van der Waals surface area contributed by atoms with Crippen LogP contribution in [0, 0.1) is 16.4 Å². The standard InChI is InChI=1S/C20H22ClF2N3O2S/c1-25(12-4-6-28-7-5-12)17(27)9-15-16-8-11(10-26(16)20(29)24-15)18-14(22)3-2-13(21)19(18)23/h2-3,11-12H,4-10H2,1H3,(H,24,29). The largest absolute Gasteiger partial charge is 0.381 e. The molecule has 2 aromatic rings. The molecule has 0 saturated carbocycles. The Morgan fingerprint density at radius 1 is 1.38 bits per heavy atom. The summed E-state index contributed by atoms with van der Waals surface area (Å²) in [6, 6.07) is 2.56. The molecule has 2 aliphatic rings. The minimum Gasteiger partial charge on any atom is -0.381 e. The van der Waals surface area contributed by atoms with Crippen molar-refractivity contribution in [1.29, 1.82) is 0 Å². The lowest BCUT2D eigenvalue weighted by atomic mass is 9.95. The first-order valence-electron chi connectivity index (χ1n) is 9.64. The van der Waals surface area contributed by atoms with E-state index in [0.29, 0.717) is 36.6 Å². The molecule has 1 saturated heterocycles. The van der Waals surface area contributed by atoms with Crippen LogP contribution in [0.15, 0.2) is 12.1 Å². The molecule has 5 nitrogen and oxygen atoms in total. The van der Waals surface area contributed by atoms with E-state index in [9.17, 15) is 13.6 Å². The third-order valence-corrected chi connectivity index (χ3v) is 6.58. The number of hydrogen-bond donors (Lipinski definition) is 1. The van der Waals surface area contributed by atoms with Gasteiger partial charge in [-0.15, -0.1) is 0 Å². The number of nitrogens with one attached hydrogen (secondary N) is 1. The van der Waals surface area contributed by atoms with Crippen molar-refractivity contribution in [2.45, 2.75) is 44.2 Å². The number of rotatable bonds is 4. The van der Waals surface area contributed by atoms with Crippen LogP contribution < -0.4 is 0 Å². The van der Waals surface area contributed by atoms with Crippen LogP contribution >= 0.6 is 23.8 Å². The zero-order chi connectivity index (χ0) is 20.7. The summed E-state index contributed by atoms with van der Waals surface area (Å²) < 4.78 is 36.5. The van der Waals surface area contributed by atoms with Gasteiger partial charge in [0.15, 0.2) is 4.77 Å². The maximum Gasteiger partial charge on any atom is 0.228 e. The minimum atomic E-state index is -0.728. The topological polar surface area (TPSA) is 50.3 Å². The van der Waals surface area contributed by atoms with Crippen molar-refractivity contribution in [3.8, 4) is 0 Å². The van der Waals surface area contributed by atoms with Gasteiger partial charge in [-0.25, -0.2) is 8.78 Å². The van der Waals surface area contributed by atoms with Gasteiger partial charge < -0.3 is 19.2 Å². The lowest BCUT2D eigenvalue weighted by molar-refractivity contribution is -0.132. The molecule has 1 atom stereocenters. The molecule has 1 N–H and O–H groups in total. The van der Waals surface area contributed by atoms with Crippen LogP contribution in [0.5, 0.6) is 0 Å². The zero-order valence-electron chi connectivity index (χ0n) is 16.0. The monoisotopic (exact) mass is 441 g/mol. The molecule has 0 bridgehead atoms. The molecule has 29 heavy (non-hydrogen) atoms. The summed E-state index contributed by atoms with van der Waals surface area (Å²) >= 11 is 11.2. The van der Waals surface area contributed by atoms with E-state index in [-0.39, 0.29) is 29.0 Å². The maximum atomic E-state index is 14.5. The molecular formula is C20H22ClF2N3O2S. The number of amides is 1. The molecule has 1 unspecified atom stereocenters. The lowest BCUT2D eigenvalue weighted by Gasteiger charge is -2.31. The molecule has 3 heterocycles. The van der Waals surface area contributed by atoms with E-state index in [1.165, 1.54) is 12.1 Å². The highest BCUT2D eigenvalue weighted by Crippen LogP contribution is 2.36. The number of fused-ring (bicyclic) bond motifs is 1. The molecule has 0 aliphatic carbocycles. The fourth-order valence-corrected chi connectivity index (χ4v) is 4.78. The van der Waals surface area contributed by atoms with E-state index in [0.717, 1.165) is 18.5 Å². The third-order valence-electron chi connectivity index (χ3n) is 5.97. The predicted octanol–water partition coefficient (Wildman–Crippen LogP) is 4.00. The van der Waals surface area contributed by atoms with Gasteiger partial charge in [0, 0.05) is 55.7 Å². The second kappa shape index (κ2) is 8.16. The second-order valence-electron chi connectivity index (χ2n) is 7.65. The minimum absolute atomic E-state index is 0.0138. The van der Waals surface area contributed by atoms with Crippen molar-refractivity contribution in [2.75, 3.05) is 20.3 Å². The van der Waals surface area contributed by atoms with Gasteiger partial charge in [-0.2, -0.15) is 0 Å². The maximum absolute atomic E-state index is 14.5. The Labute approximate surface area is 177 Å². The highest BCUT2D eigenvalue weighted by Gasteiger charge is 2.32. The number of carbonyl (C=O) groups is 1. The number of imidazole rings is 1. The number of likely N-dealkylation sites (N-methyl/N-ethyl adjacent to an activating group) is 1. The fourth-order valence-electron chi connectivity index (χ4n) is 4.31. The SMILES string of the molecule is CN(C(=O)Cc1[nH]c(=S)n2c1CC(c1c(F)ccc(Cl)c1F)C2)C1CCOCC1.